The van der Waals surface area contributed by atoms with Crippen LogP contribution in [0.15, 0.2) is 64.7 Å². The second kappa shape index (κ2) is 5.43. The van der Waals surface area contributed by atoms with Crippen LogP contribution in [0, 0.1) is 6.92 Å². The number of aryl methyl sites for hydroxylation is 2. The smallest absolute Gasteiger partial charge is 0.212 e. The van der Waals surface area contributed by atoms with E-state index in [0.717, 1.165) is 0 Å². The van der Waals surface area contributed by atoms with Gasteiger partial charge in [0.2, 0.25) is 5.52 Å². The first kappa shape index (κ1) is 14.3. The van der Waals surface area contributed by atoms with Crippen molar-refractivity contribution in [3.63, 3.8) is 0 Å². The van der Waals surface area contributed by atoms with E-state index in [1.54, 1.807) is 0 Å². The van der Waals surface area contributed by atoms with Crippen molar-refractivity contribution in [2.45, 2.75) is 11.8 Å². The number of pyridine rings is 1. The van der Waals surface area contributed by atoms with Crippen LogP contribution in [0.2, 0.25) is 0 Å². The summed E-state index contributed by atoms with van der Waals surface area (Å²) in [7, 11) is 4.25. The number of benzene rings is 2. The predicted molar refractivity (Wildman–Crippen MR) is 98.5 cm³/mol. The first-order valence-corrected chi connectivity index (χ1v) is 8.57. The quantitative estimate of drug-likeness (QED) is 0.609. The summed E-state index contributed by atoms with van der Waals surface area (Å²) in [4.78, 5) is 3.64. The largest absolute Gasteiger partial charge is 0.338 e. The van der Waals surface area contributed by atoms with Gasteiger partial charge in [-0.3, -0.25) is 0 Å². The number of anilines is 1. The molecule has 0 N–H and O–H groups in total. The van der Waals surface area contributed by atoms with Gasteiger partial charge in [0.15, 0.2) is 6.20 Å². The van der Waals surface area contributed by atoms with E-state index in [1.165, 1.54) is 37.6 Å². The Balaban J connectivity index is 1.84. The number of rotatable bonds is 1. The first-order valence-electron chi connectivity index (χ1n) is 7.75. The third-order valence-electron chi connectivity index (χ3n) is 4.43. The van der Waals surface area contributed by atoms with Gasteiger partial charge >= 0.3 is 0 Å². The Morgan fingerprint density at radius 3 is 2.70 bits per heavy atom. The van der Waals surface area contributed by atoms with Crippen LogP contribution in [-0.4, -0.2) is 7.05 Å². The van der Waals surface area contributed by atoms with Crippen molar-refractivity contribution in [3.8, 4) is 0 Å². The zero-order chi connectivity index (χ0) is 16.0. The monoisotopic (exact) mass is 319 g/mol. The Kier molecular flexibility index (Phi) is 3.38. The summed E-state index contributed by atoms with van der Waals surface area (Å²) in [6.45, 7) is 2.18. The molecule has 0 saturated heterocycles. The number of fused-ring (bicyclic) bond motifs is 2. The Morgan fingerprint density at radius 1 is 1.04 bits per heavy atom. The average molecular weight is 319 g/mol. The fraction of sp³-hybridized carbons (Fsp3) is 0.150. The highest BCUT2D eigenvalue weighted by Crippen LogP contribution is 2.47. The molecule has 1 aromatic heterocycles. The maximum absolute atomic E-state index is 2.30. The van der Waals surface area contributed by atoms with Gasteiger partial charge in [-0.15, -0.1) is 0 Å². The zero-order valence-electron chi connectivity index (χ0n) is 13.6. The number of nitrogens with zero attached hydrogens (tertiary/aromatic N) is 2. The summed E-state index contributed by atoms with van der Waals surface area (Å²) in [5.74, 6) is 0. The van der Waals surface area contributed by atoms with E-state index >= 15 is 0 Å². The summed E-state index contributed by atoms with van der Waals surface area (Å²) in [6.07, 6.45) is 4.43. The van der Waals surface area contributed by atoms with E-state index < -0.39 is 0 Å². The van der Waals surface area contributed by atoms with E-state index in [4.69, 9.17) is 0 Å². The van der Waals surface area contributed by atoms with Gasteiger partial charge in [0, 0.05) is 24.1 Å². The zero-order valence-corrected chi connectivity index (χ0v) is 14.4. The lowest BCUT2D eigenvalue weighted by Crippen LogP contribution is -2.28. The van der Waals surface area contributed by atoms with Crippen molar-refractivity contribution in [1.29, 1.82) is 0 Å². The molecule has 0 radical (unpaired) electrons. The minimum Gasteiger partial charge on any atom is -0.338 e. The van der Waals surface area contributed by atoms with Crippen LogP contribution in [0.4, 0.5) is 5.69 Å². The van der Waals surface area contributed by atoms with Gasteiger partial charge in [-0.2, -0.15) is 0 Å². The molecule has 0 aliphatic carbocycles. The molecule has 3 heteroatoms. The maximum Gasteiger partial charge on any atom is 0.212 e. The molecule has 0 saturated carbocycles. The normalized spacial score (nSPS) is 15.4. The van der Waals surface area contributed by atoms with E-state index in [1.807, 2.05) is 11.8 Å². The van der Waals surface area contributed by atoms with Crippen LogP contribution in [0.3, 0.4) is 0 Å². The third kappa shape index (κ3) is 2.32. The molecule has 0 atom stereocenters. The average Bonchev–Trinajstić information content (AvgIpc) is 2.88. The van der Waals surface area contributed by atoms with Crippen LogP contribution in [0.1, 0.15) is 11.1 Å². The van der Waals surface area contributed by atoms with Gasteiger partial charge in [-0.25, -0.2) is 4.57 Å². The standard InChI is InChI=1S/C20H19N2S/c1-14-7-6-10-18-20(14)22(3)19(23-18)13-15-11-12-21(2)17-9-5-4-8-16(15)17/h4-13H,1-3H3/q+1. The first-order chi connectivity index (χ1) is 11.1. The summed E-state index contributed by atoms with van der Waals surface area (Å²) >= 11 is 1.85. The lowest BCUT2D eigenvalue weighted by atomic mass is 10.1. The highest BCUT2D eigenvalue weighted by atomic mass is 32.2. The van der Waals surface area contributed by atoms with Crippen LogP contribution in [-0.2, 0) is 7.05 Å². The van der Waals surface area contributed by atoms with Crippen molar-refractivity contribution in [2.75, 3.05) is 11.9 Å². The SMILES string of the molecule is Cc1cccc2c1N(C)/C(=C/c1cc[n+](C)c3ccccc13)S2. The van der Waals surface area contributed by atoms with Crippen LogP contribution < -0.4 is 9.47 Å². The lowest BCUT2D eigenvalue weighted by molar-refractivity contribution is -0.644. The Morgan fingerprint density at radius 2 is 1.87 bits per heavy atom. The number of hydrogen-bond acceptors (Lipinski definition) is 2. The summed E-state index contributed by atoms with van der Waals surface area (Å²) in [5.41, 5.74) is 5.17. The molecule has 1 aliphatic heterocycles. The molecular weight excluding hydrogens is 300 g/mol. The van der Waals surface area contributed by atoms with Crippen molar-refractivity contribution in [1.82, 2.24) is 0 Å². The molecule has 2 aromatic carbocycles. The molecule has 0 bridgehead atoms. The highest BCUT2D eigenvalue weighted by molar-refractivity contribution is 8.03. The second-order valence-electron chi connectivity index (χ2n) is 5.96. The predicted octanol–water partition coefficient (Wildman–Crippen LogP) is 4.51. The molecule has 1 aliphatic rings. The van der Waals surface area contributed by atoms with Crippen LogP contribution >= 0.6 is 11.8 Å². The lowest BCUT2D eigenvalue weighted by Gasteiger charge is -2.15. The highest BCUT2D eigenvalue weighted by Gasteiger charge is 2.23. The van der Waals surface area contributed by atoms with E-state index in [0.29, 0.717) is 0 Å². The fourth-order valence-electron chi connectivity index (χ4n) is 3.21. The molecule has 4 rings (SSSR count). The Labute approximate surface area is 141 Å². The molecule has 2 nitrogen and oxygen atoms in total. The molecule has 0 fully saturated rings. The molecule has 0 unspecified atom stereocenters. The van der Waals surface area contributed by atoms with Crippen molar-refractivity contribution in [2.24, 2.45) is 7.05 Å². The minimum atomic E-state index is 1.25. The van der Waals surface area contributed by atoms with Gasteiger partial charge in [0.25, 0.3) is 0 Å². The maximum atomic E-state index is 2.30. The number of hydrogen-bond donors (Lipinski definition) is 0. The summed E-state index contributed by atoms with van der Waals surface area (Å²) in [6, 6.07) is 17.3. The Hall–Kier alpha value is -2.26. The van der Waals surface area contributed by atoms with Gasteiger partial charge < -0.3 is 4.90 Å². The van der Waals surface area contributed by atoms with Gasteiger partial charge in [-0.1, -0.05) is 36.0 Å². The molecule has 0 spiro atoms. The van der Waals surface area contributed by atoms with Gasteiger partial charge in [-0.05, 0) is 36.3 Å². The number of aromatic nitrogens is 1. The minimum absolute atomic E-state index is 1.25. The van der Waals surface area contributed by atoms with Crippen molar-refractivity contribution in [3.05, 3.63) is 70.9 Å². The van der Waals surface area contributed by atoms with Crippen molar-refractivity contribution < 1.29 is 4.57 Å². The molecule has 3 aromatic rings. The van der Waals surface area contributed by atoms with E-state index in [9.17, 15) is 0 Å². The molecule has 2 heterocycles. The van der Waals surface area contributed by atoms with Crippen molar-refractivity contribution >= 4 is 34.4 Å². The topological polar surface area (TPSA) is 7.12 Å². The number of thioether (sulfide) groups is 1. The summed E-state index contributed by atoms with van der Waals surface area (Å²) in [5, 5.41) is 2.56. The van der Waals surface area contributed by atoms with E-state index in [-0.39, 0.29) is 0 Å². The Bertz CT molecular complexity index is 944. The fourth-order valence-corrected chi connectivity index (χ4v) is 4.39. The van der Waals surface area contributed by atoms with Gasteiger partial charge in [0.05, 0.1) is 16.1 Å². The van der Waals surface area contributed by atoms with Gasteiger partial charge in [0.1, 0.15) is 7.05 Å². The van der Waals surface area contributed by atoms with Crippen LogP contribution in [0.5, 0.6) is 0 Å². The second-order valence-corrected chi connectivity index (χ2v) is 7.03. The third-order valence-corrected chi connectivity index (χ3v) is 5.58. The van der Waals surface area contributed by atoms with Crippen LogP contribution in [0.25, 0.3) is 17.0 Å². The van der Waals surface area contributed by atoms with E-state index in [2.05, 4.69) is 91.3 Å². The molecule has 0 amide bonds. The summed E-state index contributed by atoms with van der Waals surface area (Å²) < 4.78 is 2.17. The molecule has 23 heavy (non-hydrogen) atoms. The molecule has 114 valence electrons. The molecular formula is C20H19N2S+. The number of para-hydroxylation sites is 2.